The van der Waals surface area contributed by atoms with Gasteiger partial charge in [0.1, 0.15) is 17.5 Å². The summed E-state index contributed by atoms with van der Waals surface area (Å²) in [5.74, 6) is -4.28. The molecule has 5 rings (SSSR count). The Kier molecular flexibility index (Phi) is 7.87. The second-order valence-electron chi connectivity index (χ2n) is 8.23. The first kappa shape index (κ1) is 27.0. The predicted octanol–water partition coefficient (Wildman–Crippen LogP) is 3.24. The SMILES string of the molecule is Cl.Cl.NCC1COC2(CCN(c3nc4c(cc3F)C=C(C(=O)O)CN4c3ccc(F)cc3F)C2)O1. The summed E-state index contributed by atoms with van der Waals surface area (Å²) in [4.78, 5) is 19.0. The number of carbonyl (C=O) groups is 1. The topological polar surface area (TPSA) is 101 Å². The molecular weight excluding hydrogens is 512 g/mol. The average molecular weight is 535 g/mol. The Hall–Kier alpha value is -2.57. The van der Waals surface area contributed by atoms with Gasteiger partial charge in [-0.2, -0.15) is 0 Å². The Morgan fingerprint density at radius 3 is 2.63 bits per heavy atom. The van der Waals surface area contributed by atoms with Crippen molar-refractivity contribution in [2.45, 2.75) is 18.3 Å². The Bertz CT molecular complexity index is 1170. The van der Waals surface area contributed by atoms with Gasteiger partial charge in [-0.1, -0.05) is 0 Å². The van der Waals surface area contributed by atoms with Crippen molar-refractivity contribution in [3.05, 3.63) is 52.9 Å². The maximum absolute atomic E-state index is 15.1. The Labute approximate surface area is 211 Å². The van der Waals surface area contributed by atoms with Gasteiger partial charge in [-0.05, 0) is 24.3 Å². The average Bonchev–Trinajstić information content (AvgIpc) is 3.39. The summed E-state index contributed by atoms with van der Waals surface area (Å²) in [5, 5.41) is 9.49. The number of nitrogens with zero attached hydrogens (tertiary/aromatic N) is 3. The van der Waals surface area contributed by atoms with Crippen molar-refractivity contribution < 1.29 is 32.5 Å². The van der Waals surface area contributed by atoms with Gasteiger partial charge in [-0.25, -0.2) is 22.9 Å². The van der Waals surface area contributed by atoms with Crippen molar-refractivity contribution in [2.24, 2.45) is 5.73 Å². The molecule has 0 amide bonds. The molecule has 0 radical (unpaired) electrons. The lowest BCUT2D eigenvalue weighted by Gasteiger charge is -2.31. The van der Waals surface area contributed by atoms with Gasteiger partial charge in [0, 0.05) is 31.1 Å². The number of halogens is 5. The third-order valence-electron chi connectivity index (χ3n) is 6.03. The molecule has 2 aromatic rings. The third kappa shape index (κ3) is 4.91. The Morgan fingerprint density at radius 1 is 1.20 bits per heavy atom. The summed E-state index contributed by atoms with van der Waals surface area (Å²) < 4.78 is 54.9. The van der Waals surface area contributed by atoms with Crippen LogP contribution in [0.15, 0.2) is 29.8 Å². The molecule has 3 aliphatic heterocycles. The van der Waals surface area contributed by atoms with Gasteiger partial charge < -0.3 is 30.1 Å². The molecule has 35 heavy (non-hydrogen) atoms. The highest BCUT2D eigenvalue weighted by atomic mass is 35.5. The van der Waals surface area contributed by atoms with Crippen LogP contribution >= 0.6 is 24.8 Å². The lowest BCUT2D eigenvalue weighted by Crippen LogP contribution is -2.36. The summed E-state index contributed by atoms with van der Waals surface area (Å²) >= 11 is 0. The molecule has 3 N–H and O–H groups in total. The van der Waals surface area contributed by atoms with E-state index >= 15 is 4.39 Å². The van der Waals surface area contributed by atoms with Gasteiger partial charge in [0.05, 0.1) is 37.1 Å². The molecule has 1 aromatic heterocycles. The fourth-order valence-electron chi connectivity index (χ4n) is 4.42. The molecule has 1 aromatic carbocycles. The second kappa shape index (κ2) is 10.2. The number of fused-ring (bicyclic) bond motifs is 1. The van der Waals surface area contributed by atoms with E-state index in [2.05, 4.69) is 4.98 Å². The zero-order valence-electron chi connectivity index (χ0n) is 18.2. The van der Waals surface area contributed by atoms with Gasteiger partial charge in [-0.15, -0.1) is 24.8 Å². The van der Waals surface area contributed by atoms with Crippen LogP contribution in [0.3, 0.4) is 0 Å². The maximum atomic E-state index is 15.1. The van der Waals surface area contributed by atoms with Crippen LogP contribution in [0, 0.1) is 17.5 Å². The van der Waals surface area contributed by atoms with Crippen LogP contribution in [0.1, 0.15) is 12.0 Å². The van der Waals surface area contributed by atoms with E-state index in [1.807, 2.05) is 0 Å². The minimum atomic E-state index is -1.23. The number of hydrogen-bond donors (Lipinski definition) is 2. The minimum absolute atomic E-state index is 0. The molecule has 0 saturated carbocycles. The first-order chi connectivity index (χ1) is 15.8. The minimum Gasteiger partial charge on any atom is -0.478 e. The maximum Gasteiger partial charge on any atom is 0.333 e. The summed E-state index contributed by atoms with van der Waals surface area (Å²) in [5.41, 5.74) is 5.68. The number of rotatable bonds is 4. The highest BCUT2D eigenvalue weighted by Crippen LogP contribution is 2.40. The lowest BCUT2D eigenvalue weighted by molar-refractivity contribution is -0.148. The van der Waals surface area contributed by atoms with Crippen LogP contribution in [0.5, 0.6) is 0 Å². The van der Waals surface area contributed by atoms with Crippen LogP contribution in [0.25, 0.3) is 6.08 Å². The van der Waals surface area contributed by atoms with E-state index in [0.29, 0.717) is 32.2 Å². The summed E-state index contributed by atoms with van der Waals surface area (Å²) in [6, 6.07) is 4.12. The van der Waals surface area contributed by atoms with Crippen LogP contribution in [-0.2, 0) is 14.3 Å². The third-order valence-corrected chi connectivity index (χ3v) is 6.03. The van der Waals surface area contributed by atoms with Crippen molar-refractivity contribution in [1.29, 1.82) is 0 Å². The monoisotopic (exact) mass is 534 g/mol. The van der Waals surface area contributed by atoms with E-state index in [1.165, 1.54) is 17.0 Å². The molecule has 2 unspecified atom stereocenters. The molecule has 190 valence electrons. The molecule has 4 heterocycles. The van der Waals surface area contributed by atoms with E-state index < -0.39 is 29.2 Å². The van der Waals surface area contributed by atoms with Crippen molar-refractivity contribution in [3.8, 4) is 0 Å². The smallest absolute Gasteiger partial charge is 0.333 e. The zero-order valence-corrected chi connectivity index (χ0v) is 19.9. The summed E-state index contributed by atoms with van der Waals surface area (Å²) in [6.07, 6.45) is 1.56. The number of aliphatic carboxylic acids is 1. The molecule has 2 fully saturated rings. The van der Waals surface area contributed by atoms with E-state index in [-0.39, 0.29) is 72.5 Å². The largest absolute Gasteiger partial charge is 0.478 e. The van der Waals surface area contributed by atoms with Crippen LogP contribution in [0.4, 0.5) is 30.5 Å². The fourth-order valence-corrected chi connectivity index (χ4v) is 4.42. The van der Waals surface area contributed by atoms with Gasteiger partial charge in [0.2, 0.25) is 0 Å². The predicted molar refractivity (Wildman–Crippen MR) is 127 cm³/mol. The van der Waals surface area contributed by atoms with Crippen molar-refractivity contribution in [2.75, 3.05) is 42.6 Å². The number of ether oxygens (including phenoxy) is 2. The van der Waals surface area contributed by atoms with Crippen LogP contribution in [0.2, 0.25) is 0 Å². The number of carboxylic acids is 1. The molecule has 8 nitrogen and oxygen atoms in total. The Balaban J connectivity index is 0.00000171. The number of benzene rings is 1. The second-order valence-corrected chi connectivity index (χ2v) is 8.23. The normalized spacial score (nSPS) is 23.0. The highest BCUT2D eigenvalue weighted by Gasteiger charge is 2.47. The lowest BCUT2D eigenvalue weighted by atomic mass is 10.0. The number of pyridine rings is 1. The highest BCUT2D eigenvalue weighted by molar-refractivity contribution is 5.97. The molecule has 3 aliphatic rings. The molecule has 0 aliphatic carbocycles. The van der Waals surface area contributed by atoms with Crippen LogP contribution in [-0.4, -0.2) is 60.7 Å². The first-order valence-corrected chi connectivity index (χ1v) is 10.4. The number of nitrogens with two attached hydrogens (primary N) is 1. The van der Waals surface area contributed by atoms with Gasteiger partial charge in [-0.3, -0.25) is 0 Å². The van der Waals surface area contributed by atoms with Gasteiger partial charge in [0.25, 0.3) is 0 Å². The molecule has 13 heteroatoms. The van der Waals surface area contributed by atoms with Crippen molar-refractivity contribution in [3.63, 3.8) is 0 Å². The summed E-state index contributed by atoms with van der Waals surface area (Å²) in [7, 11) is 0. The number of carboxylic acid groups (broad SMARTS) is 1. The quantitative estimate of drug-likeness (QED) is 0.616. The van der Waals surface area contributed by atoms with E-state index in [9.17, 15) is 18.7 Å². The molecule has 2 saturated heterocycles. The Morgan fingerprint density at radius 2 is 1.97 bits per heavy atom. The van der Waals surface area contributed by atoms with Gasteiger partial charge in [0.15, 0.2) is 17.4 Å². The molecular formula is C22H23Cl2F3N4O4. The van der Waals surface area contributed by atoms with Gasteiger partial charge >= 0.3 is 5.97 Å². The van der Waals surface area contributed by atoms with E-state index in [4.69, 9.17) is 15.2 Å². The first-order valence-electron chi connectivity index (χ1n) is 10.4. The molecule has 2 atom stereocenters. The zero-order chi connectivity index (χ0) is 23.3. The number of hydrogen-bond acceptors (Lipinski definition) is 7. The van der Waals surface area contributed by atoms with Crippen molar-refractivity contribution >= 4 is 54.2 Å². The molecule has 1 spiro atoms. The number of anilines is 3. The number of aromatic nitrogens is 1. The molecule has 0 bridgehead atoms. The van der Waals surface area contributed by atoms with E-state index in [0.717, 1.165) is 12.1 Å². The van der Waals surface area contributed by atoms with Crippen LogP contribution < -0.4 is 15.5 Å². The summed E-state index contributed by atoms with van der Waals surface area (Å²) in [6.45, 7) is 1.07. The van der Waals surface area contributed by atoms with E-state index in [1.54, 1.807) is 4.90 Å². The fraction of sp³-hybridized carbons (Fsp3) is 0.364. The van der Waals surface area contributed by atoms with Crippen molar-refractivity contribution in [1.82, 2.24) is 4.98 Å². The standard InChI is InChI=1S/C22H21F3N4O4.2ClH/c23-14-1-2-18(16(24)7-14)29-9-13(21(30)31)5-12-6-17(25)20(27-19(12)29)28-4-3-22(11-28)32-10-15(8-26)33-22;;/h1-2,5-7,15H,3-4,8-11,26H2,(H,30,31);2*1H.